The van der Waals surface area contributed by atoms with Gasteiger partial charge in [0.25, 0.3) is 0 Å². The van der Waals surface area contributed by atoms with E-state index in [4.69, 9.17) is 34.2 Å². The number of aliphatic hydroxyl groups is 2. The number of aromatic nitrogens is 4. The number of ether oxygens (including phenoxy) is 6. The second-order valence-corrected chi connectivity index (χ2v) is 9.49. The highest BCUT2D eigenvalue weighted by atomic mass is 16.7. The van der Waals surface area contributed by atoms with E-state index in [0.717, 1.165) is 7.11 Å². The first-order chi connectivity index (χ1) is 17.6. The molecule has 3 fully saturated rings. The van der Waals surface area contributed by atoms with Crippen LogP contribution in [0.2, 0.25) is 0 Å². The lowest BCUT2D eigenvalue weighted by Crippen LogP contribution is -2.73. The number of anilines is 1. The number of carbonyl (C=O) groups excluding carboxylic acids is 2. The van der Waals surface area contributed by atoms with Gasteiger partial charge in [0.05, 0.1) is 25.5 Å². The van der Waals surface area contributed by atoms with Crippen LogP contribution in [0.1, 0.15) is 26.5 Å². The standard InChI is InChI=1S/C22H29N5O10/c1-8(2)20(29)36-16-12(28)14(21(30)33-4)35-10-5-9-13(37-22(10,16)31)15(32-3)19(34-9)27-7-26-11-17(23)24-6-25-18(11)27/h6-10,12-16,19,28,31H,5H2,1-4H3,(H2,23,24,25)/t9-,10+,12-,13+,14+,15-,16+,19-,22-/m1/s1. The van der Waals surface area contributed by atoms with Gasteiger partial charge in [-0.25, -0.2) is 19.7 Å². The molecule has 37 heavy (non-hydrogen) atoms. The summed E-state index contributed by atoms with van der Waals surface area (Å²) in [5.41, 5.74) is 6.68. The number of hydrogen-bond acceptors (Lipinski definition) is 14. The minimum absolute atomic E-state index is 0.0111. The number of hydrogen-bond donors (Lipinski definition) is 3. The van der Waals surface area contributed by atoms with Crippen LogP contribution in [0, 0.1) is 5.92 Å². The third-order valence-corrected chi connectivity index (χ3v) is 6.94. The Morgan fingerprint density at radius 3 is 2.68 bits per heavy atom. The van der Waals surface area contributed by atoms with E-state index in [9.17, 15) is 19.8 Å². The lowest BCUT2D eigenvalue weighted by atomic mass is 9.84. The molecular weight excluding hydrogens is 494 g/mol. The second kappa shape index (κ2) is 9.41. The molecule has 0 spiro atoms. The molecule has 0 saturated carbocycles. The maximum absolute atomic E-state index is 12.5. The quantitative estimate of drug-likeness (QED) is 0.389. The number of methoxy groups -OCH3 is 2. The molecule has 0 unspecified atom stereocenters. The molecule has 15 heteroatoms. The van der Waals surface area contributed by atoms with Crippen LogP contribution in [0.3, 0.4) is 0 Å². The van der Waals surface area contributed by atoms with E-state index in [1.807, 2.05) is 0 Å². The largest absolute Gasteiger partial charge is 0.467 e. The molecule has 3 aliphatic rings. The summed E-state index contributed by atoms with van der Waals surface area (Å²) < 4.78 is 35.6. The molecule has 2 aromatic heterocycles. The van der Waals surface area contributed by atoms with Crippen LogP contribution in [-0.2, 0) is 38.0 Å². The number of esters is 2. The van der Waals surface area contributed by atoms with Crippen molar-refractivity contribution in [2.24, 2.45) is 5.92 Å². The Kier molecular flexibility index (Phi) is 6.54. The summed E-state index contributed by atoms with van der Waals surface area (Å²) in [6.45, 7) is 3.18. The Hall–Kier alpha value is -2.95. The molecule has 2 aromatic rings. The zero-order valence-corrected chi connectivity index (χ0v) is 20.6. The number of carbonyl (C=O) groups is 2. The molecular formula is C22H29N5O10. The van der Waals surface area contributed by atoms with Gasteiger partial charge in [0.2, 0.25) is 5.79 Å². The Balaban J connectivity index is 1.50. The Bertz CT molecular complexity index is 1190. The predicted octanol–water partition coefficient (Wildman–Crippen LogP) is -1.33. The zero-order chi connectivity index (χ0) is 26.6. The monoisotopic (exact) mass is 523 g/mol. The summed E-state index contributed by atoms with van der Waals surface area (Å²) in [6, 6.07) is 0. The minimum Gasteiger partial charge on any atom is -0.467 e. The molecule has 9 atom stereocenters. The Labute approximate surface area is 210 Å². The summed E-state index contributed by atoms with van der Waals surface area (Å²) in [4.78, 5) is 37.3. The second-order valence-electron chi connectivity index (χ2n) is 9.49. The van der Waals surface area contributed by atoms with Crippen LogP contribution >= 0.6 is 0 Å². The highest BCUT2D eigenvalue weighted by Crippen LogP contribution is 2.47. The van der Waals surface area contributed by atoms with Crippen LogP contribution in [0.25, 0.3) is 11.2 Å². The van der Waals surface area contributed by atoms with Gasteiger partial charge in [-0.05, 0) is 0 Å². The maximum atomic E-state index is 12.5. The van der Waals surface area contributed by atoms with Crippen molar-refractivity contribution in [2.75, 3.05) is 20.0 Å². The van der Waals surface area contributed by atoms with Gasteiger partial charge in [-0.1, -0.05) is 13.8 Å². The van der Waals surface area contributed by atoms with Gasteiger partial charge in [-0.2, -0.15) is 0 Å². The smallest absolute Gasteiger partial charge is 0.337 e. The van der Waals surface area contributed by atoms with Crippen molar-refractivity contribution in [2.45, 2.75) is 75.0 Å². The molecule has 15 nitrogen and oxygen atoms in total. The first kappa shape index (κ1) is 25.7. The molecule has 4 N–H and O–H groups in total. The SMILES string of the molecule is COC(=O)[C@H]1O[C@H]2C[C@H]3O[C@@H](n4cnc5c(N)ncnc54)[C@H](OC)[C@H]3O[C@@]2(O)[C@@H](OC(=O)C(C)C)[C@@H]1O. The normalized spacial score (nSPS) is 37.3. The van der Waals surface area contributed by atoms with E-state index in [1.165, 1.54) is 19.8 Å². The molecule has 0 aliphatic carbocycles. The fraction of sp³-hybridized carbons (Fsp3) is 0.682. The van der Waals surface area contributed by atoms with Gasteiger partial charge in [-0.3, -0.25) is 9.36 Å². The maximum Gasteiger partial charge on any atom is 0.337 e. The summed E-state index contributed by atoms with van der Waals surface area (Å²) in [7, 11) is 2.57. The number of fused-ring (bicyclic) bond motifs is 3. The molecule has 3 saturated heterocycles. The number of nitrogens with zero attached hydrogens (tertiary/aromatic N) is 4. The van der Waals surface area contributed by atoms with Crippen LogP contribution in [0.4, 0.5) is 5.82 Å². The molecule has 3 aliphatic heterocycles. The molecule has 0 aromatic carbocycles. The van der Waals surface area contributed by atoms with Crippen molar-refractivity contribution < 1.29 is 48.2 Å². The number of nitrogens with two attached hydrogens (primary N) is 1. The number of rotatable bonds is 5. The van der Waals surface area contributed by atoms with Gasteiger partial charge in [0.15, 0.2) is 29.9 Å². The molecule has 0 radical (unpaired) electrons. The topological polar surface area (TPSA) is 200 Å². The molecule has 0 amide bonds. The van der Waals surface area contributed by atoms with E-state index in [0.29, 0.717) is 11.2 Å². The first-order valence-corrected chi connectivity index (χ1v) is 11.7. The van der Waals surface area contributed by atoms with Crippen molar-refractivity contribution in [1.82, 2.24) is 19.5 Å². The minimum atomic E-state index is -2.33. The third kappa shape index (κ3) is 4.02. The van der Waals surface area contributed by atoms with Crippen molar-refractivity contribution in [3.05, 3.63) is 12.7 Å². The van der Waals surface area contributed by atoms with E-state index in [-0.39, 0.29) is 12.2 Å². The number of imidazole rings is 1. The van der Waals surface area contributed by atoms with E-state index < -0.39 is 72.6 Å². The van der Waals surface area contributed by atoms with Crippen LogP contribution in [-0.4, -0.2) is 104 Å². The highest BCUT2D eigenvalue weighted by molar-refractivity contribution is 5.81. The zero-order valence-electron chi connectivity index (χ0n) is 20.6. The number of aliphatic hydroxyl groups excluding tert-OH is 1. The molecule has 202 valence electrons. The fourth-order valence-corrected chi connectivity index (χ4v) is 5.04. The predicted molar refractivity (Wildman–Crippen MR) is 120 cm³/mol. The van der Waals surface area contributed by atoms with Gasteiger partial charge < -0.3 is 44.4 Å². The van der Waals surface area contributed by atoms with Gasteiger partial charge in [-0.15, -0.1) is 0 Å². The van der Waals surface area contributed by atoms with E-state index >= 15 is 0 Å². The average Bonchev–Trinajstić information content (AvgIpc) is 3.45. The van der Waals surface area contributed by atoms with Crippen LogP contribution in [0.5, 0.6) is 0 Å². The van der Waals surface area contributed by atoms with E-state index in [2.05, 4.69) is 15.0 Å². The Morgan fingerprint density at radius 2 is 2.00 bits per heavy atom. The molecule has 5 rings (SSSR count). The van der Waals surface area contributed by atoms with Gasteiger partial charge in [0, 0.05) is 13.5 Å². The average molecular weight is 523 g/mol. The molecule has 5 heterocycles. The Morgan fingerprint density at radius 1 is 1.24 bits per heavy atom. The van der Waals surface area contributed by atoms with E-state index in [1.54, 1.807) is 18.4 Å². The lowest BCUT2D eigenvalue weighted by molar-refractivity contribution is -0.397. The van der Waals surface area contributed by atoms with Crippen molar-refractivity contribution >= 4 is 28.9 Å². The van der Waals surface area contributed by atoms with Crippen molar-refractivity contribution in [3.63, 3.8) is 0 Å². The first-order valence-electron chi connectivity index (χ1n) is 11.7. The molecule has 0 bridgehead atoms. The van der Waals surface area contributed by atoms with Crippen LogP contribution in [0.15, 0.2) is 12.7 Å². The summed E-state index contributed by atoms with van der Waals surface area (Å²) in [5, 5.41) is 22.6. The fourth-order valence-electron chi connectivity index (χ4n) is 5.04. The number of nitrogen functional groups attached to an aromatic ring is 1. The van der Waals surface area contributed by atoms with Crippen molar-refractivity contribution in [1.29, 1.82) is 0 Å². The highest BCUT2D eigenvalue weighted by Gasteiger charge is 2.67. The summed E-state index contributed by atoms with van der Waals surface area (Å²) >= 11 is 0. The summed E-state index contributed by atoms with van der Waals surface area (Å²) in [6.07, 6.45) is -6.58. The van der Waals surface area contributed by atoms with Gasteiger partial charge >= 0.3 is 11.9 Å². The van der Waals surface area contributed by atoms with Crippen molar-refractivity contribution in [3.8, 4) is 0 Å². The van der Waals surface area contributed by atoms with Gasteiger partial charge in [0.1, 0.15) is 36.3 Å². The van der Waals surface area contributed by atoms with Crippen LogP contribution < -0.4 is 5.73 Å². The summed E-state index contributed by atoms with van der Waals surface area (Å²) in [5.74, 6) is -4.33. The third-order valence-electron chi connectivity index (χ3n) is 6.94. The lowest BCUT2D eigenvalue weighted by Gasteiger charge is -2.52.